The molecule has 1 amide bonds. The molecule has 3 unspecified atom stereocenters. The maximum Gasteiger partial charge on any atom is 0.340 e. The van der Waals surface area contributed by atoms with Crippen LogP contribution >= 0.6 is 0 Å². The molecule has 9 aromatic heterocycles. The van der Waals surface area contributed by atoms with Gasteiger partial charge in [-0.1, -0.05) is 182 Å². The van der Waals surface area contributed by atoms with Gasteiger partial charge in [0, 0.05) is 119 Å². The van der Waals surface area contributed by atoms with E-state index in [9.17, 15) is 33.9 Å². The molecule has 12 heterocycles. The largest absolute Gasteiger partial charge is 0.478 e. The average Bonchev–Trinajstić information content (AvgIpc) is 1.60. The van der Waals surface area contributed by atoms with Crippen LogP contribution in [0, 0.1) is 0 Å². The minimum atomic E-state index is -1.07. The number of carboxylic acids is 1. The number of nitrogens with one attached hydrogen (secondary N) is 4. The Morgan fingerprint density at radius 1 is 0.410 bits per heavy atom. The molecule has 5 N–H and O–H groups in total. The van der Waals surface area contributed by atoms with E-state index in [1.807, 2.05) is 164 Å². The van der Waals surface area contributed by atoms with Crippen LogP contribution in [-0.4, -0.2) is 120 Å². The molecule has 15 aromatic rings. The predicted octanol–water partition coefficient (Wildman–Crippen LogP) is 16.7. The van der Waals surface area contributed by atoms with E-state index in [0.717, 1.165) is 85.1 Å². The SMILES string of the molecule is CNC(=O)c1cnc(N(Cc2ccccc2)Cc2ccccc2)c2[nH]c(-c3cccn(C4CCCOC4)c3=O)cc12.COC(=O)c1cnc(N(Cc2ccccc2)Cc2ccccc2)c2[nH]c(-c3cccn(C4CCCOC4)c3=O)cc12.O=C(O)c1cnc(N(Cc2ccccc2)Cc2ccccc2)c2[nH]c(-c3cccn(C4CCCOC4)c3=O)cc12. The van der Waals surface area contributed by atoms with E-state index in [0.29, 0.717) is 161 Å². The van der Waals surface area contributed by atoms with Gasteiger partial charge in [0.2, 0.25) is 0 Å². The molecule has 6 aromatic carbocycles. The van der Waals surface area contributed by atoms with Crippen LogP contribution in [0.4, 0.5) is 17.5 Å². The number of ether oxygens (including phenoxy) is 4. The van der Waals surface area contributed by atoms with E-state index < -0.39 is 11.9 Å². The number of anilines is 3. The summed E-state index contributed by atoms with van der Waals surface area (Å²) in [4.78, 5) is 110. The molecule has 618 valence electrons. The zero-order valence-corrected chi connectivity index (χ0v) is 68.0. The Kier molecular flexibility index (Phi) is 25.7. The van der Waals surface area contributed by atoms with Crippen LogP contribution in [0.2, 0.25) is 0 Å². The summed E-state index contributed by atoms with van der Waals surface area (Å²) in [7, 11) is 2.96. The molecule has 24 heteroatoms. The van der Waals surface area contributed by atoms with Gasteiger partial charge in [-0.15, -0.1) is 0 Å². The Balaban J connectivity index is 0.000000136. The monoisotopic (exact) mass is 1630 g/mol. The second-order valence-electron chi connectivity index (χ2n) is 30.8. The Morgan fingerprint density at radius 2 is 0.689 bits per heavy atom. The minimum Gasteiger partial charge on any atom is -0.478 e. The number of aromatic nitrogens is 9. The fourth-order valence-electron chi connectivity index (χ4n) is 16.5. The quantitative estimate of drug-likeness (QED) is 0.0352. The zero-order valence-electron chi connectivity index (χ0n) is 68.0. The van der Waals surface area contributed by atoms with Crippen molar-refractivity contribution in [3.63, 3.8) is 0 Å². The molecule has 3 aliphatic heterocycles. The number of fused-ring (bicyclic) bond motifs is 3. The molecular weight excluding hydrogens is 1540 g/mol. The van der Waals surface area contributed by atoms with Gasteiger partial charge in [0.15, 0.2) is 17.5 Å². The van der Waals surface area contributed by atoms with Gasteiger partial charge in [-0.25, -0.2) is 24.5 Å². The summed E-state index contributed by atoms with van der Waals surface area (Å²) in [6.45, 7) is 7.28. The number of nitrogens with zero attached hydrogens (tertiary/aromatic N) is 9. The average molecular weight is 1630 g/mol. The van der Waals surface area contributed by atoms with Crippen LogP contribution in [0.15, 0.2) is 288 Å². The number of aromatic amines is 3. The lowest BCUT2D eigenvalue weighted by Crippen LogP contribution is -2.30. The number of aromatic carboxylic acids is 1. The number of benzene rings is 6. The number of carbonyl (C=O) groups is 3. The number of carboxylic acid groups (broad SMARTS) is 1. The lowest BCUT2D eigenvalue weighted by molar-refractivity contribution is 0.0580. The van der Waals surface area contributed by atoms with E-state index in [-0.39, 0.29) is 46.3 Å². The molecule has 3 aliphatic rings. The highest BCUT2D eigenvalue weighted by molar-refractivity contribution is 6.11. The molecule has 18 rings (SSSR count). The maximum absolute atomic E-state index is 13.7. The zero-order chi connectivity index (χ0) is 83.8. The standard InChI is InChI=1S/C33H33N5O3.C33H32N4O4.C32H30N4O4/c1-34-32(39)28-19-35-31(37(20-23-10-4-2-5-11-23)21-24-12-6-3-7-13-24)30-27(28)18-29(36-30)26-15-8-16-38(33(26)40)25-14-9-17-41-22-25;1-40-33(39)28-19-34-31(36(20-23-10-4-2-5-11-23)21-24-12-6-3-7-13-24)30-27(28)18-29(35-30)26-15-8-16-37(32(26)38)25-14-9-17-41-22-25;37-31-25(14-7-15-36(31)24-13-8-16-40-21-24)28-17-26-27(32(38)39)18-33-30(29(26)34-28)35(19-22-9-3-1-4-10-22)20-23-11-5-2-6-12-23/h2-8,10-13,15-16,18-19,25,36H,9,14,17,20-22H2,1H3,(H,34,39);2-8,10-13,15-16,18-19,25,35H,9,14,17,20-22H2,1H3;1-7,9-12,14-15,17-18,24,34H,8,13,16,19-21H2,(H,38,39). The highest BCUT2D eigenvalue weighted by atomic mass is 16.5. The van der Waals surface area contributed by atoms with Crippen molar-refractivity contribution >= 4 is 68.0 Å². The number of hydrogen-bond donors (Lipinski definition) is 5. The first kappa shape index (κ1) is 81.7. The summed E-state index contributed by atoms with van der Waals surface area (Å²) in [5.41, 5.74) is 12.6. The van der Waals surface area contributed by atoms with E-state index in [1.54, 1.807) is 51.5 Å². The Hall–Kier alpha value is -14.1. The number of H-pyrrole nitrogens is 3. The second kappa shape index (κ2) is 38.3. The highest BCUT2D eigenvalue weighted by Gasteiger charge is 2.29. The van der Waals surface area contributed by atoms with Crippen LogP contribution in [0.5, 0.6) is 0 Å². The van der Waals surface area contributed by atoms with Gasteiger partial charge in [0.1, 0.15) is 0 Å². The smallest absolute Gasteiger partial charge is 0.340 e. The van der Waals surface area contributed by atoms with Crippen molar-refractivity contribution in [3.05, 3.63) is 355 Å². The van der Waals surface area contributed by atoms with Crippen LogP contribution in [0.3, 0.4) is 0 Å². The summed E-state index contributed by atoms with van der Waals surface area (Å²) in [6, 6.07) is 77.6. The van der Waals surface area contributed by atoms with Crippen molar-refractivity contribution < 1.29 is 38.4 Å². The summed E-state index contributed by atoms with van der Waals surface area (Å²) in [5, 5.41) is 14.6. The van der Waals surface area contributed by atoms with E-state index in [4.69, 9.17) is 28.9 Å². The van der Waals surface area contributed by atoms with Gasteiger partial charge in [0.25, 0.3) is 22.6 Å². The summed E-state index contributed by atoms with van der Waals surface area (Å²) in [6.07, 6.45) is 15.5. The fraction of sp³-hybridized carbons (Fsp3) is 0.235. The van der Waals surface area contributed by atoms with E-state index in [2.05, 4.69) is 113 Å². The Bertz CT molecular complexity index is 5940. The first-order chi connectivity index (χ1) is 59.8. The van der Waals surface area contributed by atoms with E-state index in [1.165, 1.54) is 13.3 Å². The van der Waals surface area contributed by atoms with Gasteiger partial charge in [-0.2, -0.15) is 0 Å². The lowest BCUT2D eigenvalue weighted by atomic mass is 10.1. The predicted molar refractivity (Wildman–Crippen MR) is 475 cm³/mol. The van der Waals surface area contributed by atoms with Crippen molar-refractivity contribution in [2.24, 2.45) is 0 Å². The molecular formula is C98H95N13O11. The van der Waals surface area contributed by atoms with Gasteiger partial charge < -0.3 is 72.7 Å². The molecule has 122 heavy (non-hydrogen) atoms. The third kappa shape index (κ3) is 18.5. The summed E-state index contributed by atoms with van der Waals surface area (Å²) >= 11 is 0. The van der Waals surface area contributed by atoms with Crippen molar-refractivity contribution in [2.75, 3.05) is 68.5 Å². The topological polar surface area (TPSA) is 282 Å². The number of hydrogen-bond acceptors (Lipinski definition) is 16. The van der Waals surface area contributed by atoms with Crippen LogP contribution in [0.25, 0.3) is 66.5 Å². The van der Waals surface area contributed by atoms with Crippen molar-refractivity contribution in [1.29, 1.82) is 0 Å². The lowest BCUT2D eigenvalue weighted by Gasteiger charge is -2.25. The first-order valence-electron chi connectivity index (χ1n) is 41.3. The van der Waals surface area contributed by atoms with Crippen molar-refractivity contribution in [1.82, 2.24) is 48.9 Å². The molecule has 0 bridgehead atoms. The molecule has 3 atom stereocenters. The molecule has 3 fully saturated rings. The number of carbonyl (C=O) groups excluding carboxylic acids is 2. The van der Waals surface area contributed by atoms with Crippen LogP contribution in [0.1, 0.15) is 121 Å². The third-order valence-corrected chi connectivity index (χ3v) is 22.6. The highest BCUT2D eigenvalue weighted by Crippen LogP contribution is 2.38. The normalized spacial score (nSPS) is 15.1. The summed E-state index contributed by atoms with van der Waals surface area (Å²) in [5.74, 6) is 0.226. The molecule has 0 spiro atoms. The van der Waals surface area contributed by atoms with Gasteiger partial charge in [-0.05, 0) is 127 Å². The van der Waals surface area contributed by atoms with Gasteiger partial charge in [-0.3, -0.25) is 19.2 Å². The van der Waals surface area contributed by atoms with Crippen molar-refractivity contribution in [2.45, 2.75) is 95.9 Å². The molecule has 24 nitrogen and oxygen atoms in total. The van der Waals surface area contributed by atoms with Crippen molar-refractivity contribution in [3.8, 4) is 33.8 Å². The second-order valence-corrected chi connectivity index (χ2v) is 30.8. The third-order valence-electron chi connectivity index (χ3n) is 22.6. The number of methoxy groups -OCH3 is 1. The fourth-order valence-corrected chi connectivity index (χ4v) is 16.5. The van der Waals surface area contributed by atoms with Crippen LogP contribution < -0.4 is 36.7 Å². The Labute approximate surface area is 704 Å². The Morgan fingerprint density at radius 3 is 0.959 bits per heavy atom. The maximum atomic E-state index is 13.7. The molecule has 0 radical (unpaired) electrons. The first-order valence-corrected chi connectivity index (χ1v) is 41.3. The summed E-state index contributed by atoms with van der Waals surface area (Å²) < 4.78 is 27.3. The van der Waals surface area contributed by atoms with Gasteiger partial charge >= 0.3 is 11.9 Å². The minimum absolute atomic E-state index is 0.00401. The molecule has 0 saturated carbocycles. The number of rotatable bonds is 24. The molecule has 0 aliphatic carbocycles. The van der Waals surface area contributed by atoms with Crippen LogP contribution in [-0.2, 0) is 58.2 Å². The number of esters is 1. The number of amides is 1. The number of pyridine rings is 6. The van der Waals surface area contributed by atoms with E-state index >= 15 is 0 Å². The van der Waals surface area contributed by atoms with Gasteiger partial charge in [0.05, 0.1) is 112 Å². The molecule has 3 saturated heterocycles.